The third-order valence-corrected chi connectivity index (χ3v) is 5.05. The first kappa shape index (κ1) is 17.5. The van der Waals surface area contributed by atoms with Crippen molar-refractivity contribution < 1.29 is 9.53 Å². The van der Waals surface area contributed by atoms with Crippen LogP contribution >= 0.6 is 0 Å². The molecule has 3 aromatic carbocycles. The molecule has 0 radical (unpaired) electrons. The Bertz CT molecular complexity index is 841. The Morgan fingerprint density at radius 3 is 1.81 bits per heavy atom. The van der Waals surface area contributed by atoms with Gasteiger partial charge < -0.3 is 4.74 Å². The number of rotatable bonds is 6. The van der Waals surface area contributed by atoms with Gasteiger partial charge >= 0.3 is 5.97 Å². The highest BCUT2D eigenvalue weighted by molar-refractivity contribution is 5.81. The second-order valence-corrected chi connectivity index (χ2v) is 6.72. The van der Waals surface area contributed by atoms with Crippen LogP contribution in [0.4, 0.5) is 0 Å². The summed E-state index contributed by atoms with van der Waals surface area (Å²) in [6, 6.07) is 30.7. The highest BCUT2D eigenvalue weighted by Gasteiger charge is 2.57. The van der Waals surface area contributed by atoms with Crippen LogP contribution in [0.3, 0.4) is 0 Å². The molecule has 0 spiro atoms. The predicted molar refractivity (Wildman–Crippen MR) is 106 cm³/mol. The molecule has 136 valence electrons. The maximum atomic E-state index is 12.7. The zero-order valence-corrected chi connectivity index (χ0v) is 15.4. The zero-order chi connectivity index (χ0) is 18.6. The monoisotopic (exact) mass is 357 g/mol. The van der Waals surface area contributed by atoms with E-state index >= 15 is 0 Å². The predicted octanol–water partition coefficient (Wildman–Crippen LogP) is 4.76. The Morgan fingerprint density at radius 2 is 1.33 bits per heavy atom. The Kier molecular flexibility index (Phi) is 5.03. The minimum absolute atomic E-state index is 0.00649. The number of hydrogen-bond donors (Lipinski definition) is 0. The molecule has 1 saturated heterocycles. The smallest absolute Gasteiger partial charge is 0.325 e. The second kappa shape index (κ2) is 7.77. The van der Waals surface area contributed by atoms with E-state index in [2.05, 4.69) is 41.3 Å². The molecule has 0 aliphatic carbocycles. The van der Waals surface area contributed by atoms with Crippen LogP contribution in [0.25, 0.3) is 0 Å². The lowest BCUT2D eigenvalue weighted by atomic mass is 9.98. The minimum Gasteiger partial charge on any atom is -0.465 e. The summed E-state index contributed by atoms with van der Waals surface area (Å²) in [6.45, 7) is 2.25. The van der Waals surface area contributed by atoms with Crippen molar-refractivity contribution in [3.05, 3.63) is 108 Å². The summed E-state index contributed by atoms with van der Waals surface area (Å²) in [5, 5.41) is 0. The van der Waals surface area contributed by atoms with Gasteiger partial charge in [-0.1, -0.05) is 91.0 Å². The summed E-state index contributed by atoms with van der Waals surface area (Å²) >= 11 is 0. The largest absolute Gasteiger partial charge is 0.465 e. The summed E-state index contributed by atoms with van der Waals surface area (Å²) in [6.07, 6.45) is 0. The first-order valence-electron chi connectivity index (χ1n) is 9.40. The second-order valence-electron chi connectivity index (χ2n) is 6.72. The van der Waals surface area contributed by atoms with Crippen LogP contribution in [0.1, 0.15) is 35.7 Å². The Hall–Kier alpha value is -2.91. The van der Waals surface area contributed by atoms with Crippen molar-refractivity contribution >= 4 is 5.97 Å². The number of benzene rings is 3. The first-order chi connectivity index (χ1) is 13.3. The van der Waals surface area contributed by atoms with Crippen molar-refractivity contribution in [2.75, 3.05) is 6.61 Å². The number of carbonyl (C=O) groups excluding carboxylic acids is 1. The Balaban J connectivity index is 1.76. The Morgan fingerprint density at radius 1 is 0.852 bits per heavy atom. The maximum absolute atomic E-state index is 12.7. The lowest BCUT2D eigenvalue weighted by molar-refractivity contribution is -0.143. The van der Waals surface area contributed by atoms with E-state index in [1.807, 2.05) is 61.5 Å². The molecule has 1 unspecified atom stereocenters. The van der Waals surface area contributed by atoms with E-state index < -0.39 is 0 Å². The zero-order valence-electron chi connectivity index (χ0n) is 15.4. The molecule has 3 nitrogen and oxygen atoms in total. The standard InChI is InChI=1S/C24H23NO2/c1-2-27-24(26)23-22(20-16-10-5-11-17-20)25(23)21(18-12-6-3-7-13-18)19-14-8-4-9-15-19/h3-17,21-23H,2H2,1H3/t22-,23+,25?/m1/s1. The van der Waals surface area contributed by atoms with Gasteiger partial charge in [-0.3, -0.25) is 9.69 Å². The van der Waals surface area contributed by atoms with E-state index in [0.717, 1.165) is 5.56 Å². The molecule has 27 heavy (non-hydrogen) atoms. The van der Waals surface area contributed by atoms with Gasteiger partial charge in [0.25, 0.3) is 0 Å². The van der Waals surface area contributed by atoms with Crippen molar-refractivity contribution in [1.29, 1.82) is 0 Å². The number of esters is 1. The van der Waals surface area contributed by atoms with E-state index in [-0.39, 0.29) is 24.1 Å². The van der Waals surface area contributed by atoms with Crippen LogP contribution in [0.15, 0.2) is 91.0 Å². The molecule has 0 aromatic heterocycles. The van der Waals surface area contributed by atoms with E-state index in [1.165, 1.54) is 11.1 Å². The summed E-state index contributed by atoms with van der Waals surface area (Å²) in [7, 11) is 0. The third kappa shape index (κ3) is 3.51. The van der Waals surface area contributed by atoms with E-state index in [4.69, 9.17) is 4.74 Å². The van der Waals surface area contributed by atoms with Gasteiger partial charge in [-0.25, -0.2) is 0 Å². The van der Waals surface area contributed by atoms with Gasteiger partial charge in [-0.2, -0.15) is 0 Å². The fraction of sp³-hybridized carbons (Fsp3) is 0.208. The van der Waals surface area contributed by atoms with E-state index in [1.54, 1.807) is 0 Å². The normalized spacial score (nSPS) is 21.0. The Labute approximate surface area is 160 Å². The van der Waals surface area contributed by atoms with Crippen LogP contribution < -0.4 is 0 Å². The maximum Gasteiger partial charge on any atom is 0.325 e. The number of carbonyl (C=O) groups is 1. The fourth-order valence-electron chi connectivity index (χ4n) is 3.86. The minimum atomic E-state index is -0.266. The molecule has 1 aliphatic heterocycles. The summed E-state index contributed by atoms with van der Waals surface area (Å²) < 4.78 is 5.39. The summed E-state index contributed by atoms with van der Waals surface area (Å²) in [5.41, 5.74) is 3.50. The molecule has 0 saturated carbocycles. The summed E-state index contributed by atoms with van der Waals surface area (Å²) in [4.78, 5) is 15.0. The molecule has 1 heterocycles. The molecule has 3 heteroatoms. The lowest BCUT2D eigenvalue weighted by Crippen LogP contribution is -2.20. The molecular weight excluding hydrogens is 334 g/mol. The average Bonchev–Trinajstić information content (AvgIpc) is 3.46. The van der Waals surface area contributed by atoms with Crippen LogP contribution in [0, 0.1) is 0 Å². The molecule has 0 bridgehead atoms. The average molecular weight is 357 g/mol. The molecule has 3 atom stereocenters. The van der Waals surface area contributed by atoms with Gasteiger partial charge in [0.1, 0.15) is 6.04 Å². The van der Waals surface area contributed by atoms with Crippen molar-refractivity contribution in [2.24, 2.45) is 0 Å². The topological polar surface area (TPSA) is 29.3 Å². The lowest BCUT2D eigenvalue weighted by Gasteiger charge is -2.21. The third-order valence-electron chi connectivity index (χ3n) is 5.05. The van der Waals surface area contributed by atoms with Crippen LogP contribution in [-0.4, -0.2) is 23.5 Å². The van der Waals surface area contributed by atoms with Gasteiger partial charge in [0.05, 0.1) is 18.7 Å². The summed E-state index contributed by atoms with van der Waals surface area (Å²) in [5.74, 6) is -0.150. The van der Waals surface area contributed by atoms with Gasteiger partial charge in [0, 0.05) is 0 Å². The quantitative estimate of drug-likeness (QED) is 0.470. The molecule has 4 rings (SSSR count). The molecule has 0 N–H and O–H groups in total. The van der Waals surface area contributed by atoms with E-state index in [0.29, 0.717) is 6.61 Å². The number of hydrogen-bond acceptors (Lipinski definition) is 3. The van der Waals surface area contributed by atoms with Gasteiger partial charge in [0.15, 0.2) is 0 Å². The van der Waals surface area contributed by atoms with Gasteiger partial charge in [-0.05, 0) is 23.6 Å². The van der Waals surface area contributed by atoms with Gasteiger partial charge in [0.2, 0.25) is 0 Å². The molecule has 1 fully saturated rings. The number of ether oxygens (including phenoxy) is 1. The number of nitrogens with zero attached hydrogens (tertiary/aromatic N) is 1. The first-order valence-corrected chi connectivity index (χ1v) is 9.40. The molecule has 0 amide bonds. The van der Waals surface area contributed by atoms with Crippen LogP contribution in [0.5, 0.6) is 0 Å². The van der Waals surface area contributed by atoms with Crippen LogP contribution in [0.2, 0.25) is 0 Å². The molecular formula is C24H23NO2. The fourth-order valence-corrected chi connectivity index (χ4v) is 3.86. The van der Waals surface area contributed by atoms with Crippen molar-refractivity contribution in [1.82, 2.24) is 4.90 Å². The van der Waals surface area contributed by atoms with E-state index in [9.17, 15) is 4.79 Å². The van der Waals surface area contributed by atoms with Crippen LogP contribution in [-0.2, 0) is 9.53 Å². The van der Waals surface area contributed by atoms with Crippen molar-refractivity contribution in [2.45, 2.75) is 25.0 Å². The SMILES string of the molecule is CCOC(=O)[C@@H]1[C@@H](c2ccccc2)N1C(c1ccccc1)c1ccccc1. The van der Waals surface area contributed by atoms with Crippen molar-refractivity contribution in [3.8, 4) is 0 Å². The van der Waals surface area contributed by atoms with Crippen molar-refractivity contribution in [3.63, 3.8) is 0 Å². The molecule has 3 aromatic rings. The molecule has 1 aliphatic rings. The highest BCUT2D eigenvalue weighted by Crippen LogP contribution is 2.52. The van der Waals surface area contributed by atoms with Gasteiger partial charge in [-0.15, -0.1) is 0 Å². The highest BCUT2D eigenvalue weighted by atomic mass is 16.5.